The highest BCUT2D eigenvalue weighted by atomic mass is 32.2. The molecule has 206 valence electrons. The van der Waals surface area contributed by atoms with Crippen LogP contribution in [0.3, 0.4) is 0 Å². The number of fused-ring (bicyclic) bond motifs is 5. The number of urea groups is 1. The van der Waals surface area contributed by atoms with Gasteiger partial charge in [0.2, 0.25) is 12.1 Å². The highest BCUT2D eigenvalue weighted by Gasteiger charge is 2.40. The van der Waals surface area contributed by atoms with Gasteiger partial charge < -0.3 is 10.6 Å². The molecule has 8 nitrogen and oxygen atoms in total. The van der Waals surface area contributed by atoms with E-state index >= 15 is 0 Å². The number of hydrogen-bond donors (Lipinski definition) is 1. The van der Waals surface area contributed by atoms with E-state index in [1.54, 1.807) is 6.07 Å². The fraction of sp³-hybridized carbons (Fsp3) is 0.467. The summed E-state index contributed by atoms with van der Waals surface area (Å²) >= 11 is 1.53. The molecule has 2 N–H and O–H groups in total. The van der Waals surface area contributed by atoms with Gasteiger partial charge in [0.1, 0.15) is 6.54 Å². The Labute approximate surface area is 234 Å². The number of benzene rings is 2. The number of carbonyl (C=O) groups excluding carboxylic acids is 3. The molecule has 0 radical (unpaired) electrons. The topological polar surface area (TPSA) is 99.3 Å². The van der Waals surface area contributed by atoms with Gasteiger partial charge in [-0.1, -0.05) is 38.1 Å². The van der Waals surface area contributed by atoms with Gasteiger partial charge in [0, 0.05) is 34.9 Å². The summed E-state index contributed by atoms with van der Waals surface area (Å²) in [6.07, 6.45) is 5.36. The van der Waals surface area contributed by atoms with E-state index in [2.05, 4.69) is 0 Å². The number of para-hydroxylation sites is 1. The molecule has 1 saturated carbocycles. The van der Waals surface area contributed by atoms with Gasteiger partial charge in [-0.2, -0.15) is 0 Å². The molecule has 3 heterocycles. The number of carbonyl (C=O) groups is 3. The number of benzodiazepines with no additional fused rings is 1. The van der Waals surface area contributed by atoms with Crippen molar-refractivity contribution in [3.05, 3.63) is 54.1 Å². The van der Waals surface area contributed by atoms with Gasteiger partial charge >= 0.3 is 6.03 Å². The number of aliphatic imine (C=N–C) groups is 1. The predicted molar refractivity (Wildman–Crippen MR) is 156 cm³/mol. The molecule has 1 atom stereocenters. The molecule has 4 amide bonds. The minimum absolute atomic E-state index is 0.0365. The van der Waals surface area contributed by atoms with Crippen LogP contribution in [-0.2, 0) is 9.59 Å². The number of rotatable bonds is 6. The van der Waals surface area contributed by atoms with E-state index in [0.29, 0.717) is 28.9 Å². The molecule has 2 aromatic rings. The van der Waals surface area contributed by atoms with E-state index in [1.165, 1.54) is 21.6 Å². The summed E-state index contributed by atoms with van der Waals surface area (Å²) in [6.45, 7) is 5.39. The second-order valence-electron chi connectivity index (χ2n) is 11.1. The number of anilines is 2. The SMILES string of the molecule is CSc1cccc(N(C(N)=O)C2N=C(C(C)C)c3ccccc3N(CC(=O)N3CC4CCC(CC4)C3)C2=O)c1. The summed E-state index contributed by atoms with van der Waals surface area (Å²) < 4.78 is 0. The maximum atomic E-state index is 14.4. The molecular weight excluding hydrogens is 510 g/mol. The summed E-state index contributed by atoms with van der Waals surface area (Å²) in [7, 11) is 0. The second-order valence-corrected chi connectivity index (χ2v) is 12.0. The third kappa shape index (κ3) is 5.55. The molecule has 4 aliphatic rings. The van der Waals surface area contributed by atoms with Crippen LogP contribution < -0.4 is 15.5 Å². The van der Waals surface area contributed by atoms with Crippen molar-refractivity contribution in [2.45, 2.75) is 50.6 Å². The Bertz CT molecular complexity index is 1270. The van der Waals surface area contributed by atoms with Crippen LogP contribution in [0.25, 0.3) is 0 Å². The van der Waals surface area contributed by atoms with E-state index in [9.17, 15) is 14.4 Å². The van der Waals surface area contributed by atoms with E-state index in [-0.39, 0.29) is 18.4 Å². The van der Waals surface area contributed by atoms with Crippen molar-refractivity contribution in [2.75, 3.05) is 35.7 Å². The van der Waals surface area contributed by atoms with Crippen molar-refractivity contribution in [1.82, 2.24) is 4.90 Å². The number of nitrogens with zero attached hydrogens (tertiary/aromatic N) is 4. The fourth-order valence-corrected chi connectivity index (χ4v) is 6.57. The normalized spacial score (nSPS) is 22.7. The fourth-order valence-electron chi connectivity index (χ4n) is 6.11. The van der Waals surface area contributed by atoms with Crippen molar-refractivity contribution in [3.63, 3.8) is 0 Å². The van der Waals surface area contributed by atoms with E-state index < -0.39 is 18.1 Å². The molecule has 1 aliphatic carbocycles. The van der Waals surface area contributed by atoms with Gasteiger partial charge in [-0.15, -0.1) is 11.8 Å². The Balaban J connectivity index is 1.56. The Hall–Kier alpha value is -3.33. The Morgan fingerprint density at radius 2 is 1.72 bits per heavy atom. The molecule has 0 aromatic heterocycles. The van der Waals surface area contributed by atoms with Crippen molar-refractivity contribution < 1.29 is 14.4 Å². The van der Waals surface area contributed by atoms with E-state index in [4.69, 9.17) is 10.7 Å². The Morgan fingerprint density at radius 3 is 2.33 bits per heavy atom. The molecule has 39 heavy (non-hydrogen) atoms. The van der Waals surface area contributed by atoms with Crippen LogP contribution >= 0.6 is 11.8 Å². The summed E-state index contributed by atoms with van der Waals surface area (Å²) in [5.41, 5.74) is 8.51. The molecule has 3 fully saturated rings. The number of nitrogens with two attached hydrogens (primary N) is 1. The number of thioether (sulfide) groups is 1. The number of amides is 4. The molecule has 0 spiro atoms. The lowest BCUT2D eigenvalue weighted by Gasteiger charge is -2.32. The van der Waals surface area contributed by atoms with Crippen LogP contribution in [-0.4, -0.2) is 60.5 Å². The summed E-state index contributed by atoms with van der Waals surface area (Å²) in [5, 5.41) is 0. The molecule has 2 aromatic carbocycles. The monoisotopic (exact) mass is 547 g/mol. The zero-order chi connectivity index (χ0) is 27.7. The summed E-state index contributed by atoms with van der Waals surface area (Å²) in [4.78, 5) is 51.6. The minimum atomic E-state index is -1.24. The quantitative estimate of drug-likeness (QED) is 0.527. The molecule has 6 rings (SSSR count). The number of primary amides is 1. The van der Waals surface area contributed by atoms with Crippen molar-refractivity contribution in [2.24, 2.45) is 28.5 Å². The molecule has 2 bridgehead atoms. The first kappa shape index (κ1) is 27.2. The smallest absolute Gasteiger partial charge is 0.321 e. The third-order valence-corrected chi connectivity index (χ3v) is 8.87. The van der Waals surface area contributed by atoms with Crippen LogP contribution in [0.5, 0.6) is 0 Å². The molecule has 3 aliphatic heterocycles. The maximum Gasteiger partial charge on any atom is 0.321 e. The van der Waals surface area contributed by atoms with Gasteiger partial charge in [0.25, 0.3) is 5.91 Å². The van der Waals surface area contributed by atoms with Crippen LogP contribution in [0.4, 0.5) is 16.2 Å². The average molecular weight is 548 g/mol. The van der Waals surface area contributed by atoms with Crippen LogP contribution in [0, 0.1) is 17.8 Å². The molecule has 9 heteroatoms. The highest BCUT2D eigenvalue weighted by molar-refractivity contribution is 7.98. The van der Waals surface area contributed by atoms with Crippen molar-refractivity contribution in [1.29, 1.82) is 0 Å². The van der Waals surface area contributed by atoms with Gasteiger partial charge in [0.05, 0.1) is 5.69 Å². The van der Waals surface area contributed by atoms with Gasteiger partial charge in [-0.25, -0.2) is 4.79 Å². The largest absolute Gasteiger partial charge is 0.351 e. The molecule has 2 saturated heterocycles. The van der Waals surface area contributed by atoms with E-state index in [1.807, 2.05) is 67.5 Å². The molecular formula is C30H37N5O3S. The first-order valence-corrected chi connectivity index (χ1v) is 15.0. The predicted octanol–water partition coefficient (Wildman–Crippen LogP) is 4.76. The second kappa shape index (κ2) is 11.4. The maximum absolute atomic E-state index is 14.4. The van der Waals surface area contributed by atoms with Crippen LogP contribution in [0.2, 0.25) is 0 Å². The lowest BCUT2D eigenvalue weighted by molar-refractivity contribution is -0.132. The summed E-state index contributed by atoms with van der Waals surface area (Å²) in [6, 6.07) is 14.1. The summed E-state index contributed by atoms with van der Waals surface area (Å²) in [5.74, 6) is 0.497. The van der Waals surface area contributed by atoms with Crippen molar-refractivity contribution in [3.8, 4) is 0 Å². The Kier molecular flexibility index (Phi) is 7.98. The van der Waals surface area contributed by atoms with Gasteiger partial charge in [-0.05, 0) is 74.0 Å². The third-order valence-electron chi connectivity index (χ3n) is 8.15. The minimum Gasteiger partial charge on any atom is -0.351 e. The van der Waals surface area contributed by atoms with Gasteiger partial charge in [-0.3, -0.25) is 24.4 Å². The van der Waals surface area contributed by atoms with Crippen molar-refractivity contribution >= 4 is 46.7 Å². The lowest BCUT2D eigenvalue weighted by Crippen LogP contribution is -2.54. The standard InChI is InChI=1S/C30H37N5O3S/c1-19(2)27-24-9-4-5-10-25(24)34(18-26(36)33-16-20-11-12-21(17-33)14-13-20)29(37)28(32-27)35(30(31)38)22-7-6-8-23(15-22)39-3/h4-10,15,19-21,28H,11-14,16-18H2,1-3H3,(H2,31,38). The van der Waals surface area contributed by atoms with Gasteiger partial charge in [0.15, 0.2) is 0 Å². The van der Waals surface area contributed by atoms with Crippen LogP contribution in [0.15, 0.2) is 58.4 Å². The zero-order valence-corrected chi connectivity index (χ0v) is 23.7. The number of hydrogen-bond acceptors (Lipinski definition) is 5. The first-order chi connectivity index (χ1) is 18.8. The Morgan fingerprint density at radius 1 is 1.05 bits per heavy atom. The zero-order valence-electron chi connectivity index (χ0n) is 22.9. The van der Waals surface area contributed by atoms with Crippen LogP contribution in [0.1, 0.15) is 45.1 Å². The first-order valence-electron chi connectivity index (χ1n) is 13.8. The van der Waals surface area contributed by atoms with E-state index in [0.717, 1.165) is 49.2 Å². The average Bonchev–Trinajstić information content (AvgIpc) is 3.32. The lowest BCUT2D eigenvalue weighted by atomic mass is 9.84. The highest BCUT2D eigenvalue weighted by Crippen LogP contribution is 2.35. The molecule has 1 unspecified atom stereocenters.